The predicted molar refractivity (Wildman–Crippen MR) is 79.6 cm³/mol. The van der Waals surface area contributed by atoms with Crippen molar-refractivity contribution in [2.45, 2.75) is 6.29 Å². The molecule has 2 aromatic rings. The molecule has 1 N–H and O–H groups in total. The summed E-state index contributed by atoms with van der Waals surface area (Å²) in [7, 11) is 3.38. The SMILES string of the molecule is CN(C)C(=O)Nc1ccc2c(c1)OC(c1ccccc1)O2. The Morgan fingerprint density at radius 2 is 1.76 bits per heavy atom. The first-order chi connectivity index (χ1) is 10.1. The zero-order chi connectivity index (χ0) is 14.8. The summed E-state index contributed by atoms with van der Waals surface area (Å²) in [6.07, 6.45) is -0.444. The van der Waals surface area contributed by atoms with Crippen molar-refractivity contribution in [3.63, 3.8) is 0 Å². The molecule has 0 bridgehead atoms. The fraction of sp³-hybridized carbons (Fsp3) is 0.188. The molecule has 1 aliphatic rings. The lowest BCUT2D eigenvalue weighted by Gasteiger charge is -2.12. The molecular formula is C16H16N2O3. The highest BCUT2D eigenvalue weighted by Gasteiger charge is 2.26. The van der Waals surface area contributed by atoms with Crippen LogP contribution in [0.25, 0.3) is 0 Å². The first kappa shape index (κ1) is 13.3. The van der Waals surface area contributed by atoms with Crippen molar-refractivity contribution in [1.29, 1.82) is 0 Å². The van der Waals surface area contributed by atoms with Crippen LogP contribution in [0.2, 0.25) is 0 Å². The summed E-state index contributed by atoms with van der Waals surface area (Å²) >= 11 is 0. The summed E-state index contributed by atoms with van der Waals surface area (Å²) < 4.78 is 11.5. The molecule has 5 nitrogen and oxygen atoms in total. The highest BCUT2D eigenvalue weighted by molar-refractivity contribution is 5.89. The molecule has 1 atom stereocenters. The van der Waals surface area contributed by atoms with Crippen LogP contribution in [0.4, 0.5) is 10.5 Å². The highest BCUT2D eigenvalue weighted by atomic mass is 16.7. The van der Waals surface area contributed by atoms with E-state index in [0.717, 1.165) is 5.56 Å². The van der Waals surface area contributed by atoms with E-state index in [1.54, 1.807) is 32.3 Å². The number of urea groups is 1. The van der Waals surface area contributed by atoms with Gasteiger partial charge in [0.1, 0.15) is 0 Å². The fourth-order valence-electron chi connectivity index (χ4n) is 2.01. The van der Waals surface area contributed by atoms with Crippen LogP contribution in [0.1, 0.15) is 11.9 Å². The number of fused-ring (bicyclic) bond motifs is 1. The van der Waals surface area contributed by atoms with E-state index in [-0.39, 0.29) is 6.03 Å². The summed E-state index contributed by atoms with van der Waals surface area (Å²) in [6.45, 7) is 0. The van der Waals surface area contributed by atoms with Gasteiger partial charge >= 0.3 is 6.03 Å². The van der Waals surface area contributed by atoms with E-state index >= 15 is 0 Å². The molecule has 0 aliphatic carbocycles. The largest absolute Gasteiger partial charge is 0.447 e. The van der Waals surface area contributed by atoms with Crippen LogP contribution >= 0.6 is 0 Å². The maximum Gasteiger partial charge on any atom is 0.321 e. The predicted octanol–water partition coefficient (Wildman–Crippen LogP) is 3.25. The Labute approximate surface area is 123 Å². The number of hydrogen-bond acceptors (Lipinski definition) is 3. The summed E-state index contributed by atoms with van der Waals surface area (Å²) in [5, 5.41) is 2.78. The van der Waals surface area contributed by atoms with Crippen LogP contribution in [0.15, 0.2) is 48.5 Å². The van der Waals surface area contributed by atoms with Crippen molar-refractivity contribution in [3.8, 4) is 11.5 Å². The van der Waals surface area contributed by atoms with Gasteiger partial charge in [0.15, 0.2) is 11.5 Å². The maximum absolute atomic E-state index is 11.6. The Morgan fingerprint density at radius 3 is 2.48 bits per heavy atom. The number of carbonyl (C=O) groups is 1. The van der Waals surface area contributed by atoms with Crippen molar-refractivity contribution in [2.24, 2.45) is 0 Å². The molecule has 1 aliphatic heterocycles. The van der Waals surface area contributed by atoms with Gasteiger partial charge in [-0.1, -0.05) is 30.3 Å². The Morgan fingerprint density at radius 1 is 1.05 bits per heavy atom. The van der Waals surface area contributed by atoms with Gasteiger partial charge in [-0.3, -0.25) is 0 Å². The quantitative estimate of drug-likeness (QED) is 0.921. The number of nitrogens with one attached hydrogen (secondary N) is 1. The second-order valence-corrected chi connectivity index (χ2v) is 4.96. The molecule has 0 saturated heterocycles. The minimum atomic E-state index is -0.444. The lowest BCUT2D eigenvalue weighted by Crippen LogP contribution is -2.27. The number of anilines is 1. The first-order valence-corrected chi connectivity index (χ1v) is 6.64. The van der Waals surface area contributed by atoms with Gasteiger partial charge in [0, 0.05) is 31.4 Å². The highest BCUT2D eigenvalue weighted by Crippen LogP contribution is 2.41. The summed E-state index contributed by atoms with van der Waals surface area (Å²) in [4.78, 5) is 13.1. The lowest BCUT2D eigenvalue weighted by atomic mass is 10.2. The molecular weight excluding hydrogens is 268 g/mol. The minimum Gasteiger partial charge on any atom is -0.447 e. The van der Waals surface area contributed by atoms with Gasteiger partial charge in [-0.25, -0.2) is 4.79 Å². The molecule has 108 valence electrons. The topological polar surface area (TPSA) is 50.8 Å². The third kappa shape index (κ3) is 2.76. The Bertz CT molecular complexity index is 656. The van der Waals surface area contributed by atoms with E-state index in [9.17, 15) is 4.79 Å². The fourth-order valence-corrected chi connectivity index (χ4v) is 2.01. The number of carbonyl (C=O) groups excluding carboxylic acids is 1. The van der Waals surface area contributed by atoms with Crippen molar-refractivity contribution in [2.75, 3.05) is 19.4 Å². The van der Waals surface area contributed by atoms with Crippen LogP contribution in [-0.4, -0.2) is 25.0 Å². The van der Waals surface area contributed by atoms with E-state index in [1.807, 2.05) is 30.3 Å². The molecule has 2 amide bonds. The van der Waals surface area contributed by atoms with E-state index in [1.165, 1.54) is 4.90 Å². The number of hydrogen-bond donors (Lipinski definition) is 1. The van der Waals surface area contributed by atoms with Gasteiger partial charge in [0.05, 0.1) is 0 Å². The average Bonchev–Trinajstić information content (AvgIpc) is 2.91. The number of nitrogens with zero attached hydrogens (tertiary/aromatic N) is 1. The second-order valence-electron chi connectivity index (χ2n) is 4.96. The third-order valence-corrected chi connectivity index (χ3v) is 3.14. The van der Waals surface area contributed by atoms with E-state index < -0.39 is 6.29 Å². The smallest absolute Gasteiger partial charge is 0.321 e. The molecule has 0 aromatic heterocycles. The zero-order valence-electron chi connectivity index (χ0n) is 11.9. The van der Waals surface area contributed by atoms with Gasteiger partial charge in [0.25, 0.3) is 6.29 Å². The van der Waals surface area contributed by atoms with Gasteiger partial charge in [-0.2, -0.15) is 0 Å². The Hall–Kier alpha value is -2.69. The standard InChI is InChI=1S/C16H16N2O3/c1-18(2)16(19)17-12-8-9-13-14(10-12)21-15(20-13)11-6-4-3-5-7-11/h3-10,15H,1-2H3,(H,17,19). The normalized spacial score (nSPS) is 15.6. The van der Waals surface area contributed by atoms with Crippen molar-refractivity contribution in [1.82, 2.24) is 4.90 Å². The van der Waals surface area contributed by atoms with Gasteiger partial charge in [0.2, 0.25) is 0 Å². The zero-order valence-corrected chi connectivity index (χ0v) is 11.9. The maximum atomic E-state index is 11.6. The van der Waals surface area contributed by atoms with Crippen molar-refractivity contribution in [3.05, 3.63) is 54.1 Å². The van der Waals surface area contributed by atoms with E-state index in [4.69, 9.17) is 9.47 Å². The molecule has 0 fully saturated rings. The number of ether oxygens (including phenoxy) is 2. The van der Waals surface area contributed by atoms with Crippen molar-refractivity contribution < 1.29 is 14.3 Å². The molecule has 1 heterocycles. The van der Waals surface area contributed by atoms with Crippen LogP contribution in [0.5, 0.6) is 11.5 Å². The van der Waals surface area contributed by atoms with Crippen LogP contribution in [0, 0.1) is 0 Å². The second kappa shape index (κ2) is 5.36. The minimum absolute atomic E-state index is 0.187. The number of rotatable bonds is 2. The summed E-state index contributed by atoms with van der Waals surface area (Å²) in [5.41, 5.74) is 1.62. The average molecular weight is 284 g/mol. The molecule has 5 heteroatoms. The molecule has 0 saturated carbocycles. The molecule has 0 radical (unpaired) electrons. The van der Waals surface area contributed by atoms with Crippen molar-refractivity contribution >= 4 is 11.7 Å². The van der Waals surface area contributed by atoms with Crippen LogP contribution in [0.3, 0.4) is 0 Å². The van der Waals surface area contributed by atoms with Crippen LogP contribution < -0.4 is 14.8 Å². The van der Waals surface area contributed by atoms with E-state index in [2.05, 4.69) is 5.32 Å². The first-order valence-electron chi connectivity index (χ1n) is 6.64. The molecule has 0 spiro atoms. The Balaban J connectivity index is 1.76. The number of amides is 2. The third-order valence-electron chi connectivity index (χ3n) is 3.14. The molecule has 1 unspecified atom stereocenters. The summed E-state index contributed by atoms with van der Waals surface area (Å²) in [6, 6.07) is 14.9. The van der Waals surface area contributed by atoms with Gasteiger partial charge in [-0.15, -0.1) is 0 Å². The monoisotopic (exact) mass is 284 g/mol. The summed E-state index contributed by atoms with van der Waals surface area (Å²) in [5.74, 6) is 1.30. The molecule has 2 aromatic carbocycles. The van der Waals surface area contributed by atoms with E-state index in [0.29, 0.717) is 17.2 Å². The Kier molecular flexibility index (Phi) is 3.39. The van der Waals surface area contributed by atoms with Gasteiger partial charge < -0.3 is 19.7 Å². The molecule has 3 rings (SSSR count). The number of benzene rings is 2. The van der Waals surface area contributed by atoms with Gasteiger partial charge in [-0.05, 0) is 12.1 Å². The lowest BCUT2D eigenvalue weighted by molar-refractivity contribution is 0.0487. The van der Waals surface area contributed by atoms with Crippen LogP contribution in [-0.2, 0) is 0 Å². The molecule has 21 heavy (non-hydrogen) atoms.